The summed E-state index contributed by atoms with van der Waals surface area (Å²) in [5.74, 6) is 0.0848. The highest BCUT2D eigenvalue weighted by Gasteiger charge is 2.16. The highest BCUT2D eigenvalue weighted by molar-refractivity contribution is 5.97. The second-order valence-corrected chi connectivity index (χ2v) is 5.64. The summed E-state index contributed by atoms with van der Waals surface area (Å²) in [7, 11) is 1.52. The summed E-state index contributed by atoms with van der Waals surface area (Å²) in [6, 6.07) is 13.2. The molecule has 0 saturated heterocycles. The van der Waals surface area contributed by atoms with E-state index in [9.17, 15) is 9.59 Å². The van der Waals surface area contributed by atoms with E-state index in [0.29, 0.717) is 28.4 Å². The molecule has 0 aliphatic carbocycles. The highest BCUT2D eigenvalue weighted by atomic mass is 16.5. The first-order valence-corrected chi connectivity index (χ1v) is 7.96. The fourth-order valence-electron chi connectivity index (χ4n) is 2.32. The van der Waals surface area contributed by atoms with E-state index in [4.69, 9.17) is 10.00 Å². The van der Waals surface area contributed by atoms with Crippen molar-refractivity contribution in [2.75, 3.05) is 23.1 Å². The standard InChI is InChI=1S/C19H20N4O3/c1-12(19(25)23-15-6-4-5-14(9-15)11-20)21-17-10-16(22-13(2)24)7-8-18(17)26-3/h4-10,12,21H,1-3H3,(H,22,24)(H,23,25)/t12-/m1/s1. The van der Waals surface area contributed by atoms with Crippen molar-refractivity contribution < 1.29 is 14.3 Å². The van der Waals surface area contributed by atoms with Crippen LogP contribution in [0.25, 0.3) is 0 Å². The maximum Gasteiger partial charge on any atom is 0.246 e. The van der Waals surface area contributed by atoms with Crippen LogP contribution in [0, 0.1) is 11.3 Å². The molecule has 26 heavy (non-hydrogen) atoms. The van der Waals surface area contributed by atoms with Gasteiger partial charge in [-0.1, -0.05) is 6.07 Å². The third kappa shape index (κ3) is 4.98. The van der Waals surface area contributed by atoms with E-state index in [0.717, 1.165) is 0 Å². The Morgan fingerprint density at radius 2 is 1.85 bits per heavy atom. The number of hydrogen-bond acceptors (Lipinski definition) is 5. The van der Waals surface area contributed by atoms with Gasteiger partial charge in [-0.05, 0) is 43.3 Å². The molecule has 0 fully saturated rings. The number of benzene rings is 2. The van der Waals surface area contributed by atoms with Gasteiger partial charge in [0, 0.05) is 18.3 Å². The number of ether oxygens (including phenoxy) is 1. The molecule has 0 spiro atoms. The van der Waals surface area contributed by atoms with E-state index < -0.39 is 6.04 Å². The number of hydrogen-bond donors (Lipinski definition) is 3. The lowest BCUT2D eigenvalue weighted by atomic mass is 10.2. The number of carbonyl (C=O) groups is 2. The zero-order chi connectivity index (χ0) is 19.1. The molecule has 0 radical (unpaired) electrons. The molecular formula is C19H20N4O3. The van der Waals surface area contributed by atoms with Crippen molar-refractivity contribution in [3.05, 3.63) is 48.0 Å². The third-order valence-corrected chi connectivity index (χ3v) is 3.54. The van der Waals surface area contributed by atoms with E-state index in [2.05, 4.69) is 16.0 Å². The minimum Gasteiger partial charge on any atom is -0.495 e. The van der Waals surface area contributed by atoms with Gasteiger partial charge < -0.3 is 20.7 Å². The lowest BCUT2D eigenvalue weighted by Gasteiger charge is -2.18. The van der Waals surface area contributed by atoms with Crippen molar-refractivity contribution in [2.24, 2.45) is 0 Å². The van der Waals surface area contributed by atoms with Crippen molar-refractivity contribution in [3.8, 4) is 11.8 Å². The lowest BCUT2D eigenvalue weighted by Crippen LogP contribution is -2.32. The largest absolute Gasteiger partial charge is 0.495 e. The van der Waals surface area contributed by atoms with Crippen LogP contribution in [0.2, 0.25) is 0 Å². The Morgan fingerprint density at radius 3 is 2.50 bits per heavy atom. The van der Waals surface area contributed by atoms with E-state index in [1.54, 1.807) is 49.4 Å². The number of nitriles is 1. The fourth-order valence-corrected chi connectivity index (χ4v) is 2.32. The molecule has 0 aromatic heterocycles. The van der Waals surface area contributed by atoms with Crippen LogP contribution in [-0.4, -0.2) is 25.0 Å². The summed E-state index contributed by atoms with van der Waals surface area (Å²) in [6.45, 7) is 3.12. The van der Waals surface area contributed by atoms with Crippen molar-refractivity contribution in [2.45, 2.75) is 19.9 Å². The summed E-state index contributed by atoms with van der Waals surface area (Å²) in [4.78, 5) is 23.6. The number of nitrogens with zero attached hydrogens (tertiary/aromatic N) is 1. The Balaban J connectivity index is 2.12. The molecule has 0 aliphatic rings. The molecule has 2 aromatic rings. The second-order valence-electron chi connectivity index (χ2n) is 5.64. The molecule has 0 unspecified atom stereocenters. The minimum atomic E-state index is -0.581. The predicted molar refractivity (Wildman–Crippen MR) is 100 cm³/mol. The quantitative estimate of drug-likeness (QED) is 0.741. The number of carbonyl (C=O) groups excluding carboxylic acids is 2. The molecule has 1 atom stereocenters. The van der Waals surface area contributed by atoms with Gasteiger partial charge >= 0.3 is 0 Å². The van der Waals surface area contributed by atoms with Crippen LogP contribution in [0.1, 0.15) is 19.4 Å². The molecule has 2 amide bonds. The monoisotopic (exact) mass is 352 g/mol. The van der Waals surface area contributed by atoms with Crippen LogP contribution in [0.3, 0.4) is 0 Å². The summed E-state index contributed by atoms with van der Waals surface area (Å²) >= 11 is 0. The molecule has 2 rings (SSSR count). The van der Waals surface area contributed by atoms with Crippen molar-refractivity contribution in [1.82, 2.24) is 0 Å². The number of methoxy groups -OCH3 is 1. The zero-order valence-corrected chi connectivity index (χ0v) is 14.8. The summed E-state index contributed by atoms with van der Waals surface area (Å²) < 4.78 is 5.29. The van der Waals surface area contributed by atoms with Gasteiger partial charge in [-0.15, -0.1) is 0 Å². The zero-order valence-electron chi connectivity index (χ0n) is 14.8. The topological polar surface area (TPSA) is 103 Å². The predicted octanol–water partition coefficient (Wildman–Crippen LogP) is 2.96. The molecule has 3 N–H and O–H groups in total. The number of rotatable bonds is 6. The summed E-state index contributed by atoms with van der Waals surface area (Å²) in [6.07, 6.45) is 0. The molecule has 7 heteroatoms. The maximum atomic E-state index is 12.4. The van der Waals surface area contributed by atoms with Crippen molar-refractivity contribution in [3.63, 3.8) is 0 Å². The normalized spacial score (nSPS) is 11.0. The highest BCUT2D eigenvalue weighted by Crippen LogP contribution is 2.28. The molecule has 7 nitrogen and oxygen atoms in total. The van der Waals surface area contributed by atoms with E-state index in [1.807, 2.05) is 6.07 Å². The Labute approximate surface area is 152 Å². The Morgan fingerprint density at radius 1 is 1.12 bits per heavy atom. The summed E-state index contributed by atoms with van der Waals surface area (Å²) in [5.41, 5.74) is 2.18. The molecule has 0 aliphatic heterocycles. The number of nitrogens with one attached hydrogen (secondary N) is 3. The average Bonchev–Trinajstić information content (AvgIpc) is 2.61. The van der Waals surface area contributed by atoms with Gasteiger partial charge in [0.05, 0.1) is 24.4 Å². The van der Waals surface area contributed by atoms with Gasteiger partial charge in [-0.25, -0.2) is 0 Å². The van der Waals surface area contributed by atoms with Crippen LogP contribution >= 0.6 is 0 Å². The van der Waals surface area contributed by atoms with Crippen molar-refractivity contribution in [1.29, 1.82) is 5.26 Å². The lowest BCUT2D eigenvalue weighted by molar-refractivity contribution is -0.116. The van der Waals surface area contributed by atoms with Gasteiger partial charge in [0.1, 0.15) is 11.8 Å². The molecule has 0 heterocycles. The van der Waals surface area contributed by atoms with E-state index in [-0.39, 0.29) is 11.8 Å². The maximum absolute atomic E-state index is 12.4. The molecule has 134 valence electrons. The van der Waals surface area contributed by atoms with Crippen LogP contribution in [0.5, 0.6) is 5.75 Å². The fraction of sp³-hybridized carbons (Fsp3) is 0.211. The first kappa shape index (κ1) is 18.8. The Kier molecular flexibility index (Phi) is 6.17. The Bertz CT molecular complexity index is 858. The number of anilines is 3. The third-order valence-electron chi connectivity index (χ3n) is 3.54. The first-order valence-electron chi connectivity index (χ1n) is 7.96. The van der Waals surface area contributed by atoms with E-state index >= 15 is 0 Å². The SMILES string of the molecule is COc1ccc(NC(C)=O)cc1N[C@H](C)C(=O)Nc1cccc(C#N)c1. The van der Waals surface area contributed by atoms with Crippen molar-refractivity contribution >= 4 is 28.9 Å². The number of amides is 2. The van der Waals surface area contributed by atoms with Crippen LogP contribution in [0.4, 0.5) is 17.1 Å². The smallest absolute Gasteiger partial charge is 0.246 e. The Hall–Kier alpha value is -3.53. The van der Waals surface area contributed by atoms with Gasteiger partial charge in [-0.2, -0.15) is 5.26 Å². The van der Waals surface area contributed by atoms with Gasteiger partial charge in [-0.3, -0.25) is 9.59 Å². The van der Waals surface area contributed by atoms with Crippen LogP contribution in [-0.2, 0) is 9.59 Å². The van der Waals surface area contributed by atoms with Crippen LogP contribution in [0.15, 0.2) is 42.5 Å². The summed E-state index contributed by atoms with van der Waals surface area (Å²) in [5, 5.41) is 17.4. The molecule has 0 saturated carbocycles. The molecular weight excluding hydrogens is 332 g/mol. The average molecular weight is 352 g/mol. The van der Waals surface area contributed by atoms with Gasteiger partial charge in [0.15, 0.2) is 0 Å². The molecule has 0 bridgehead atoms. The van der Waals surface area contributed by atoms with Gasteiger partial charge in [0.25, 0.3) is 0 Å². The minimum absolute atomic E-state index is 0.190. The van der Waals surface area contributed by atoms with E-state index in [1.165, 1.54) is 14.0 Å². The second kappa shape index (κ2) is 8.53. The van der Waals surface area contributed by atoms with Crippen LogP contribution < -0.4 is 20.7 Å². The molecule has 2 aromatic carbocycles. The van der Waals surface area contributed by atoms with Gasteiger partial charge in [0.2, 0.25) is 11.8 Å². The first-order chi connectivity index (χ1) is 12.4.